The molecular formula is C12H20N2O2S. The van der Waals surface area contributed by atoms with Crippen LogP contribution in [0.15, 0.2) is 5.38 Å². The fraction of sp³-hybridized carbons (Fsp3) is 0.667. The molecule has 1 aromatic rings. The Labute approximate surface area is 106 Å². The minimum atomic E-state index is -0.856. The van der Waals surface area contributed by atoms with Crippen molar-refractivity contribution < 1.29 is 9.90 Å². The van der Waals surface area contributed by atoms with Crippen molar-refractivity contribution in [1.29, 1.82) is 0 Å². The van der Waals surface area contributed by atoms with Gasteiger partial charge in [-0.2, -0.15) is 0 Å². The molecule has 0 saturated heterocycles. The van der Waals surface area contributed by atoms with E-state index in [1.165, 1.54) is 0 Å². The molecule has 1 rings (SSSR count). The van der Waals surface area contributed by atoms with Gasteiger partial charge in [-0.05, 0) is 19.8 Å². The van der Waals surface area contributed by atoms with Gasteiger partial charge in [0, 0.05) is 11.9 Å². The van der Waals surface area contributed by atoms with Gasteiger partial charge in [-0.15, -0.1) is 11.3 Å². The van der Waals surface area contributed by atoms with Gasteiger partial charge in [0.05, 0.1) is 10.7 Å². The zero-order valence-corrected chi connectivity index (χ0v) is 11.4. The molecular weight excluding hydrogens is 236 g/mol. The maximum atomic E-state index is 11.2. The van der Waals surface area contributed by atoms with Gasteiger partial charge in [0.15, 0.2) is 0 Å². The Kier molecular flexibility index (Phi) is 5.08. The lowest BCUT2D eigenvalue weighted by Gasteiger charge is -2.25. The summed E-state index contributed by atoms with van der Waals surface area (Å²) >= 11 is 1.62. The van der Waals surface area contributed by atoms with Crippen molar-refractivity contribution >= 4 is 17.3 Å². The molecule has 4 nitrogen and oxygen atoms in total. The molecule has 5 heteroatoms. The van der Waals surface area contributed by atoms with Crippen molar-refractivity contribution in [2.45, 2.75) is 52.1 Å². The maximum Gasteiger partial charge on any atom is 0.323 e. The van der Waals surface area contributed by atoms with Crippen molar-refractivity contribution in [3.05, 3.63) is 16.1 Å². The Morgan fingerprint density at radius 2 is 2.29 bits per heavy atom. The highest BCUT2D eigenvalue weighted by atomic mass is 32.1. The zero-order valence-electron chi connectivity index (χ0n) is 10.6. The van der Waals surface area contributed by atoms with Gasteiger partial charge >= 0.3 is 5.97 Å². The summed E-state index contributed by atoms with van der Waals surface area (Å²) in [4.78, 5) is 15.6. The fourth-order valence-electron chi connectivity index (χ4n) is 1.65. The first-order chi connectivity index (χ1) is 8.01. The van der Waals surface area contributed by atoms with Crippen molar-refractivity contribution in [1.82, 2.24) is 10.3 Å². The first-order valence-corrected chi connectivity index (χ1v) is 6.81. The number of thiazole rings is 1. The molecule has 0 aliphatic rings. The number of carboxylic acid groups (broad SMARTS) is 1. The van der Waals surface area contributed by atoms with E-state index in [0.29, 0.717) is 13.0 Å². The van der Waals surface area contributed by atoms with E-state index in [9.17, 15) is 9.90 Å². The number of nitrogens with one attached hydrogen (secondary N) is 1. The first kappa shape index (κ1) is 14.1. The van der Waals surface area contributed by atoms with Crippen molar-refractivity contribution in [3.63, 3.8) is 0 Å². The molecule has 0 saturated carbocycles. The predicted octanol–water partition coefficient (Wildman–Crippen LogP) is 2.44. The quantitative estimate of drug-likeness (QED) is 0.786. The van der Waals surface area contributed by atoms with E-state index in [-0.39, 0.29) is 0 Å². The first-order valence-electron chi connectivity index (χ1n) is 5.93. The van der Waals surface area contributed by atoms with Crippen LogP contribution in [-0.4, -0.2) is 21.6 Å². The van der Waals surface area contributed by atoms with E-state index in [4.69, 9.17) is 0 Å². The smallest absolute Gasteiger partial charge is 0.323 e. The molecule has 1 aromatic heterocycles. The molecule has 0 bridgehead atoms. The molecule has 0 aromatic carbocycles. The van der Waals surface area contributed by atoms with Crippen LogP contribution in [0.25, 0.3) is 0 Å². The molecule has 0 spiro atoms. The van der Waals surface area contributed by atoms with Crippen molar-refractivity contribution in [3.8, 4) is 0 Å². The third-order valence-corrected chi connectivity index (χ3v) is 3.83. The van der Waals surface area contributed by atoms with Gasteiger partial charge < -0.3 is 5.11 Å². The van der Waals surface area contributed by atoms with Crippen LogP contribution in [0, 0.1) is 0 Å². The number of hydrogen-bond donors (Lipinski definition) is 2. The van der Waals surface area contributed by atoms with Gasteiger partial charge in [-0.3, -0.25) is 10.1 Å². The Morgan fingerprint density at radius 3 is 2.76 bits per heavy atom. The third kappa shape index (κ3) is 3.78. The monoisotopic (exact) mass is 256 g/mol. The second kappa shape index (κ2) is 6.12. The SMILES string of the molecule is CCCC(C)(NCc1csc(CC)n1)C(=O)O. The van der Waals surface area contributed by atoms with E-state index in [1.54, 1.807) is 18.3 Å². The zero-order chi connectivity index (χ0) is 12.9. The highest BCUT2D eigenvalue weighted by Crippen LogP contribution is 2.15. The second-order valence-corrected chi connectivity index (χ2v) is 5.27. The standard InChI is InChI=1S/C12H20N2O2S/c1-4-6-12(3,11(15)16)13-7-9-8-17-10(5-2)14-9/h8,13H,4-7H2,1-3H3,(H,15,16). The molecule has 1 atom stereocenters. The minimum absolute atomic E-state index is 0.513. The van der Waals surface area contributed by atoms with Crippen molar-refractivity contribution in [2.75, 3.05) is 0 Å². The van der Waals surface area contributed by atoms with Gasteiger partial charge in [-0.1, -0.05) is 20.3 Å². The van der Waals surface area contributed by atoms with E-state index in [2.05, 4.69) is 17.2 Å². The summed E-state index contributed by atoms with van der Waals surface area (Å²) in [5, 5.41) is 15.4. The highest BCUT2D eigenvalue weighted by Gasteiger charge is 2.31. The Hall–Kier alpha value is -0.940. The van der Waals surface area contributed by atoms with E-state index in [0.717, 1.165) is 23.5 Å². The molecule has 0 fully saturated rings. The lowest BCUT2D eigenvalue weighted by Crippen LogP contribution is -2.48. The van der Waals surface area contributed by atoms with Crippen LogP contribution in [0.4, 0.5) is 0 Å². The summed E-state index contributed by atoms with van der Waals surface area (Å²) in [7, 11) is 0. The number of aryl methyl sites for hydroxylation is 1. The summed E-state index contributed by atoms with van der Waals surface area (Å²) in [5.41, 5.74) is 0.0699. The fourth-order valence-corrected chi connectivity index (χ4v) is 2.39. The average Bonchev–Trinajstić information content (AvgIpc) is 2.74. The molecule has 0 amide bonds. The predicted molar refractivity (Wildman–Crippen MR) is 69.3 cm³/mol. The molecule has 0 radical (unpaired) electrons. The molecule has 0 aliphatic carbocycles. The van der Waals surface area contributed by atoms with E-state index >= 15 is 0 Å². The lowest BCUT2D eigenvalue weighted by atomic mass is 9.96. The van der Waals surface area contributed by atoms with Crippen molar-refractivity contribution in [2.24, 2.45) is 0 Å². The Morgan fingerprint density at radius 1 is 1.59 bits per heavy atom. The molecule has 96 valence electrons. The van der Waals surface area contributed by atoms with Gasteiger partial charge in [-0.25, -0.2) is 4.98 Å². The summed E-state index contributed by atoms with van der Waals surface area (Å²) < 4.78 is 0. The summed E-state index contributed by atoms with van der Waals surface area (Å²) in [6.45, 7) is 6.29. The van der Waals surface area contributed by atoms with Crippen LogP contribution in [0.5, 0.6) is 0 Å². The largest absolute Gasteiger partial charge is 0.480 e. The average molecular weight is 256 g/mol. The Balaban J connectivity index is 2.60. The topological polar surface area (TPSA) is 62.2 Å². The van der Waals surface area contributed by atoms with Gasteiger partial charge in [0.25, 0.3) is 0 Å². The minimum Gasteiger partial charge on any atom is -0.480 e. The summed E-state index contributed by atoms with van der Waals surface area (Å²) in [6, 6.07) is 0. The number of rotatable bonds is 7. The number of carbonyl (C=O) groups is 1. The molecule has 1 heterocycles. The summed E-state index contributed by atoms with van der Waals surface area (Å²) in [6.07, 6.45) is 2.38. The van der Waals surface area contributed by atoms with Gasteiger partial charge in [0.1, 0.15) is 5.54 Å². The number of aromatic nitrogens is 1. The van der Waals surface area contributed by atoms with E-state index in [1.807, 2.05) is 12.3 Å². The lowest BCUT2D eigenvalue weighted by molar-refractivity contribution is -0.144. The van der Waals surface area contributed by atoms with E-state index < -0.39 is 11.5 Å². The van der Waals surface area contributed by atoms with Crippen LogP contribution < -0.4 is 5.32 Å². The Bertz CT molecular complexity index is 378. The number of aliphatic carboxylic acids is 1. The molecule has 17 heavy (non-hydrogen) atoms. The molecule has 0 aliphatic heterocycles. The van der Waals surface area contributed by atoms with Crippen LogP contribution in [0.2, 0.25) is 0 Å². The number of hydrogen-bond acceptors (Lipinski definition) is 4. The second-order valence-electron chi connectivity index (χ2n) is 4.33. The van der Waals surface area contributed by atoms with Crippen LogP contribution in [-0.2, 0) is 17.8 Å². The third-order valence-electron chi connectivity index (χ3n) is 2.78. The van der Waals surface area contributed by atoms with Crippen LogP contribution >= 0.6 is 11.3 Å². The maximum absolute atomic E-state index is 11.2. The van der Waals surface area contributed by atoms with Crippen LogP contribution in [0.1, 0.15) is 44.3 Å². The normalized spacial score (nSPS) is 14.5. The highest BCUT2D eigenvalue weighted by molar-refractivity contribution is 7.09. The molecule has 2 N–H and O–H groups in total. The number of nitrogens with zero attached hydrogens (tertiary/aromatic N) is 1. The number of carboxylic acids is 1. The van der Waals surface area contributed by atoms with Crippen LogP contribution in [0.3, 0.4) is 0 Å². The summed E-state index contributed by atoms with van der Waals surface area (Å²) in [5.74, 6) is -0.801. The molecule has 1 unspecified atom stereocenters. The van der Waals surface area contributed by atoms with Gasteiger partial charge in [0.2, 0.25) is 0 Å².